The highest BCUT2D eigenvalue weighted by Gasteiger charge is 2.28. The molecular formula is C30H49N3. The van der Waals surface area contributed by atoms with Gasteiger partial charge in [0.25, 0.3) is 0 Å². The minimum Gasteiger partial charge on any atom is -0.399 e. The lowest BCUT2D eigenvalue weighted by Crippen LogP contribution is -2.49. The van der Waals surface area contributed by atoms with E-state index in [-0.39, 0.29) is 5.54 Å². The molecule has 2 aromatic carbocycles. The molecule has 0 bridgehead atoms. The lowest BCUT2D eigenvalue weighted by Gasteiger charge is -2.44. The minimum atomic E-state index is 0.0719. The fraction of sp³-hybridized carbons (Fsp3) is 0.600. The number of para-hydroxylation sites is 1. The summed E-state index contributed by atoms with van der Waals surface area (Å²) in [5.41, 5.74) is 11.5. The van der Waals surface area contributed by atoms with Crippen LogP contribution in [0.5, 0.6) is 0 Å². The minimum absolute atomic E-state index is 0.0719. The van der Waals surface area contributed by atoms with E-state index in [9.17, 15) is 0 Å². The molecule has 1 unspecified atom stereocenters. The summed E-state index contributed by atoms with van der Waals surface area (Å²) in [5.74, 6) is 0. The van der Waals surface area contributed by atoms with E-state index < -0.39 is 0 Å². The van der Waals surface area contributed by atoms with Crippen molar-refractivity contribution < 1.29 is 0 Å². The fourth-order valence-electron chi connectivity index (χ4n) is 4.76. The molecule has 0 aliphatic rings. The molecule has 3 nitrogen and oxygen atoms in total. The second-order valence-electron chi connectivity index (χ2n) is 11.8. The van der Waals surface area contributed by atoms with E-state index in [2.05, 4.69) is 95.2 Å². The normalized spacial score (nSPS) is 13.2. The molecule has 2 rings (SSSR count). The Morgan fingerprint density at radius 2 is 1.52 bits per heavy atom. The summed E-state index contributed by atoms with van der Waals surface area (Å²) in [4.78, 5) is 2.67. The van der Waals surface area contributed by atoms with Crippen molar-refractivity contribution in [2.75, 3.05) is 24.2 Å². The number of rotatable bonds is 12. The second kappa shape index (κ2) is 12.5. The first-order chi connectivity index (χ1) is 15.5. The number of benzene rings is 2. The molecule has 0 aliphatic heterocycles. The van der Waals surface area contributed by atoms with Gasteiger partial charge in [0.05, 0.1) is 0 Å². The van der Waals surface area contributed by atoms with Crippen LogP contribution in [0.2, 0.25) is 0 Å². The number of hydrogen-bond acceptors (Lipinski definition) is 3. The molecule has 0 radical (unpaired) electrons. The Kier molecular flexibility index (Phi) is 10.3. The molecule has 0 heterocycles. The van der Waals surface area contributed by atoms with Gasteiger partial charge in [-0.15, -0.1) is 0 Å². The van der Waals surface area contributed by atoms with Gasteiger partial charge in [0, 0.05) is 23.0 Å². The van der Waals surface area contributed by atoms with Crippen LogP contribution in [0.1, 0.15) is 84.8 Å². The fourth-order valence-corrected chi connectivity index (χ4v) is 4.76. The Morgan fingerprint density at radius 3 is 2.09 bits per heavy atom. The van der Waals surface area contributed by atoms with E-state index in [0.717, 1.165) is 25.1 Å². The van der Waals surface area contributed by atoms with Crippen molar-refractivity contribution in [1.82, 2.24) is 5.32 Å². The van der Waals surface area contributed by atoms with Crippen LogP contribution >= 0.6 is 0 Å². The van der Waals surface area contributed by atoms with Crippen LogP contribution in [0.4, 0.5) is 11.4 Å². The maximum absolute atomic E-state index is 6.13. The lowest BCUT2D eigenvalue weighted by atomic mass is 9.88. The van der Waals surface area contributed by atoms with E-state index in [1.807, 2.05) is 12.1 Å². The van der Waals surface area contributed by atoms with Gasteiger partial charge < -0.3 is 16.0 Å². The van der Waals surface area contributed by atoms with Crippen molar-refractivity contribution >= 4 is 11.4 Å². The van der Waals surface area contributed by atoms with Gasteiger partial charge in [-0.3, -0.25) is 0 Å². The van der Waals surface area contributed by atoms with E-state index in [0.29, 0.717) is 11.5 Å². The average molecular weight is 452 g/mol. The zero-order chi connectivity index (χ0) is 24.5. The third kappa shape index (κ3) is 9.41. The Morgan fingerprint density at radius 1 is 0.848 bits per heavy atom. The van der Waals surface area contributed by atoms with Crippen molar-refractivity contribution in [3.63, 3.8) is 0 Å². The smallest absolute Gasteiger partial charge is 0.0373 e. The predicted molar refractivity (Wildman–Crippen MR) is 147 cm³/mol. The highest BCUT2D eigenvalue weighted by molar-refractivity contribution is 5.51. The summed E-state index contributed by atoms with van der Waals surface area (Å²) >= 11 is 0. The van der Waals surface area contributed by atoms with Gasteiger partial charge in [-0.2, -0.15) is 0 Å². The van der Waals surface area contributed by atoms with Gasteiger partial charge in [-0.05, 0) is 101 Å². The predicted octanol–water partition coefficient (Wildman–Crippen LogP) is 7.24. The van der Waals surface area contributed by atoms with E-state index >= 15 is 0 Å². The summed E-state index contributed by atoms with van der Waals surface area (Å²) in [6, 6.07) is 18.0. The largest absolute Gasteiger partial charge is 0.399 e. The maximum Gasteiger partial charge on any atom is 0.0373 e. The molecule has 33 heavy (non-hydrogen) atoms. The maximum atomic E-state index is 6.13. The van der Waals surface area contributed by atoms with Crippen molar-refractivity contribution in [2.24, 2.45) is 5.41 Å². The van der Waals surface area contributed by atoms with Crippen molar-refractivity contribution in [2.45, 2.75) is 98.1 Å². The molecule has 3 heteroatoms. The molecule has 1 atom stereocenters. The highest BCUT2D eigenvalue weighted by Crippen LogP contribution is 2.31. The van der Waals surface area contributed by atoms with Crippen LogP contribution in [0, 0.1) is 5.41 Å². The highest BCUT2D eigenvalue weighted by atomic mass is 15.2. The monoisotopic (exact) mass is 451 g/mol. The number of nitrogen functional groups attached to an aromatic ring is 1. The SMILES string of the molecule is CNCCC(CCCCC(C)(C)C)N(c1ccc(CCc2ccccc2N)cc1)C(C)(C)C. The molecule has 3 N–H and O–H groups in total. The molecule has 0 saturated heterocycles. The number of aryl methyl sites for hydroxylation is 2. The Balaban J connectivity index is 2.12. The lowest BCUT2D eigenvalue weighted by molar-refractivity contribution is 0.341. The standard InChI is InChI=1S/C30H49N3/c1-29(2,3)22-11-10-13-26(21-23-32-7)33(30(4,5)6)27-19-16-24(17-20-27)15-18-25-12-8-9-14-28(25)31/h8-9,12,14,16-17,19-20,26,32H,10-11,13,15,18,21-23,31H2,1-7H3. The Bertz CT molecular complexity index is 812. The Hall–Kier alpha value is -2.00. The van der Waals surface area contributed by atoms with E-state index in [4.69, 9.17) is 5.73 Å². The first kappa shape index (κ1) is 27.2. The van der Waals surface area contributed by atoms with Crippen LogP contribution in [-0.4, -0.2) is 25.2 Å². The first-order valence-electron chi connectivity index (χ1n) is 12.9. The van der Waals surface area contributed by atoms with Crippen LogP contribution in [0.25, 0.3) is 0 Å². The quantitative estimate of drug-likeness (QED) is 0.264. The summed E-state index contributed by atoms with van der Waals surface area (Å²) < 4.78 is 0. The molecule has 0 amide bonds. The zero-order valence-corrected chi connectivity index (χ0v) is 22.4. The number of nitrogens with two attached hydrogens (primary N) is 1. The average Bonchev–Trinajstić information content (AvgIpc) is 2.73. The summed E-state index contributed by atoms with van der Waals surface area (Å²) in [6.45, 7) is 15.1. The molecule has 184 valence electrons. The number of hydrogen-bond donors (Lipinski definition) is 2. The van der Waals surface area contributed by atoms with Gasteiger partial charge in [0.15, 0.2) is 0 Å². The van der Waals surface area contributed by atoms with Gasteiger partial charge in [-0.1, -0.05) is 63.9 Å². The summed E-state index contributed by atoms with van der Waals surface area (Å²) in [6.07, 6.45) is 8.28. The number of unbranched alkanes of at least 4 members (excludes halogenated alkanes) is 1. The van der Waals surface area contributed by atoms with Gasteiger partial charge in [0.2, 0.25) is 0 Å². The van der Waals surface area contributed by atoms with Gasteiger partial charge in [0.1, 0.15) is 0 Å². The molecule has 2 aromatic rings. The number of nitrogens with zero attached hydrogens (tertiary/aromatic N) is 1. The molecule has 0 aliphatic carbocycles. The van der Waals surface area contributed by atoms with Crippen molar-refractivity contribution in [3.8, 4) is 0 Å². The van der Waals surface area contributed by atoms with Crippen LogP contribution in [-0.2, 0) is 12.8 Å². The molecule has 0 aromatic heterocycles. The number of anilines is 2. The van der Waals surface area contributed by atoms with Crippen LogP contribution in [0.3, 0.4) is 0 Å². The molecular weight excluding hydrogens is 402 g/mol. The molecule has 0 saturated carbocycles. The summed E-state index contributed by atoms with van der Waals surface area (Å²) in [5, 5.41) is 3.38. The van der Waals surface area contributed by atoms with Gasteiger partial charge in [-0.25, -0.2) is 0 Å². The third-order valence-electron chi connectivity index (χ3n) is 6.48. The topological polar surface area (TPSA) is 41.3 Å². The zero-order valence-electron chi connectivity index (χ0n) is 22.4. The van der Waals surface area contributed by atoms with E-state index in [1.165, 1.54) is 48.9 Å². The number of nitrogens with one attached hydrogen (secondary N) is 1. The van der Waals surface area contributed by atoms with Crippen molar-refractivity contribution in [1.29, 1.82) is 0 Å². The molecule has 0 fully saturated rings. The van der Waals surface area contributed by atoms with E-state index in [1.54, 1.807) is 0 Å². The van der Waals surface area contributed by atoms with Crippen molar-refractivity contribution in [3.05, 3.63) is 59.7 Å². The first-order valence-corrected chi connectivity index (χ1v) is 12.9. The third-order valence-corrected chi connectivity index (χ3v) is 6.48. The summed E-state index contributed by atoms with van der Waals surface area (Å²) in [7, 11) is 2.06. The van der Waals surface area contributed by atoms with Crippen LogP contribution < -0.4 is 16.0 Å². The molecule has 0 spiro atoms. The van der Waals surface area contributed by atoms with Gasteiger partial charge >= 0.3 is 0 Å². The van der Waals surface area contributed by atoms with Crippen LogP contribution in [0.15, 0.2) is 48.5 Å². The Labute approximate surface area is 204 Å². The second-order valence-corrected chi connectivity index (χ2v) is 11.8.